The van der Waals surface area contributed by atoms with Gasteiger partial charge in [0.05, 0.1) is 6.54 Å². The molecule has 2 heterocycles. The van der Waals surface area contributed by atoms with E-state index in [-0.39, 0.29) is 12.1 Å². The number of hydrogen-bond donors (Lipinski definition) is 2. The summed E-state index contributed by atoms with van der Waals surface area (Å²) in [6, 6.07) is 11.2. The van der Waals surface area contributed by atoms with Gasteiger partial charge in [-0.1, -0.05) is 18.2 Å². The standard InChI is InChI=1S/C15H15N3O2/c19-15(18-12-5-7-16-8-6-12)17-10-13-9-11-3-1-2-4-14(11)20-13/h1-8,13H,9-10H2,(H2,16,17,18,19). The normalized spacial score (nSPS) is 16.1. The number of carbonyl (C=O) groups excluding carboxylic acids is 1. The van der Waals surface area contributed by atoms with Crippen molar-refractivity contribution in [3.8, 4) is 5.75 Å². The Morgan fingerprint density at radius 3 is 2.85 bits per heavy atom. The Morgan fingerprint density at radius 2 is 2.05 bits per heavy atom. The molecule has 0 radical (unpaired) electrons. The quantitative estimate of drug-likeness (QED) is 0.898. The van der Waals surface area contributed by atoms with Crippen LogP contribution in [0.4, 0.5) is 10.5 Å². The molecule has 2 aromatic rings. The number of hydrogen-bond acceptors (Lipinski definition) is 3. The van der Waals surface area contributed by atoms with Gasteiger partial charge in [-0.05, 0) is 23.8 Å². The van der Waals surface area contributed by atoms with E-state index in [2.05, 4.69) is 15.6 Å². The number of nitrogens with one attached hydrogen (secondary N) is 2. The van der Waals surface area contributed by atoms with Gasteiger partial charge in [0.2, 0.25) is 0 Å². The molecule has 1 aromatic heterocycles. The smallest absolute Gasteiger partial charge is 0.319 e. The fourth-order valence-electron chi connectivity index (χ4n) is 2.18. The molecule has 2 amide bonds. The summed E-state index contributed by atoms with van der Waals surface area (Å²) in [6.07, 6.45) is 4.08. The van der Waals surface area contributed by atoms with Crippen LogP contribution in [0.1, 0.15) is 5.56 Å². The molecule has 2 N–H and O–H groups in total. The second-order valence-corrected chi connectivity index (χ2v) is 4.62. The lowest BCUT2D eigenvalue weighted by molar-refractivity contribution is 0.219. The lowest BCUT2D eigenvalue weighted by Gasteiger charge is -2.12. The molecular formula is C15H15N3O2. The lowest BCUT2D eigenvalue weighted by atomic mass is 10.1. The van der Waals surface area contributed by atoms with Crippen molar-refractivity contribution in [1.29, 1.82) is 0 Å². The summed E-state index contributed by atoms with van der Waals surface area (Å²) in [6.45, 7) is 0.478. The molecule has 1 aliphatic rings. The zero-order valence-electron chi connectivity index (χ0n) is 10.9. The zero-order valence-corrected chi connectivity index (χ0v) is 10.9. The van der Waals surface area contributed by atoms with E-state index in [0.29, 0.717) is 12.2 Å². The monoisotopic (exact) mass is 269 g/mol. The number of anilines is 1. The highest BCUT2D eigenvalue weighted by Gasteiger charge is 2.22. The van der Waals surface area contributed by atoms with E-state index in [0.717, 1.165) is 12.2 Å². The van der Waals surface area contributed by atoms with Crippen molar-refractivity contribution >= 4 is 11.7 Å². The first kappa shape index (κ1) is 12.5. The van der Waals surface area contributed by atoms with E-state index >= 15 is 0 Å². The molecule has 0 bridgehead atoms. The summed E-state index contributed by atoms with van der Waals surface area (Å²) in [5.41, 5.74) is 1.90. The van der Waals surface area contributed by atoms with Crippen LogP contribution in [0.15, 0.2) is 48.8 Å². The first-order valence-electron chi connectivity index (χ1n) is 6.51. The molecule has 1 aliphatic heterocycles. The number of fused-ring (bicyclic) bond motifs is 1. The van der Waals surface area contributed by atoms with Crippen molar-refractivity contribution < 1.29 is 9.53 Å². The van der Waals surface area contributed by atoms with Crippen LogP contribution in [0.3, 0.4) is 0 Å². The maximum Gasteiger partial charge on any atom is 0.319 e. The molecule has 0 saturated carbocycles. The number of benzene rings is 1. The Hall–Kier alpha value is -2.56. The topological polar surface area (TPSA) is 63.2 Å². The van der Waals surface area contributed by atoms with Gasteiger partial charge in [-0.2, -0.15) is 0 Å². The summed E-state index contributed by atoms with van der Waals surface area (Å²) in [5, 5.41) is 5.55. The highest BCUT2D eigenvalue weighted by Crippen LogP contribution is 2.27. The Bertz CT molecular complexity index is 576. The third kappa shape index (κ3) is 2.88. The number of ether oxygens (including phenoxy) is 1. The van der Waals surface area contributed by atoms with Gasteiger partial charge in [0.1, 0.15) is 11.9 Å². The van der Waals surface area contributed by atoms with Crippen molar-refractivity contribution in [2.24, 2.45) is 0 Å². The minimum absolute atomic E-state index is 0.00408. The molecule has 0 aliphatic carbocycles. The van der Waals surface area contributed by atoms with E-state index in [9.17, 15) is 4.79 Å². The average Bonchev–Trinajstić information content (AvgIpc) is 2.89. The van der Waals surface area contributed by atoms with E-state index in [4.69, 9.17) is 4.74 Å². The SMILES string of the molecule is O=C(NCC1Cc2ccccc2O1)Nc1ccncc1. The van der Waals surface area contributed by atoms with Gasteiger partial charge in [0, 0.05) is 24.5 Å². The highest BCUT2D eigenvalue weighted by molar-refractivity contribution is 5.89. The molecule has 3 rings (SSSR count). The molecule has 1 unspecified atom stereocenters. The van der Waals surface area contributed by atoms with Gasteiger partial charge in [-0.3, -0.25) is 4.98 Å². The maximum absolute atomic E-state index is 11.7. The molecule has 20 heavy (non-hydrogen) atoms. The molecule has 0 saturated heterocycles. The van der Waals surface area contributed by atoms with Crippen LogP contribution in [-0.4, -0.2) is 23.7 Å². The van der Waals surface area contributed by atoms with Crippen LogP contribution in [0, 0.1) is 0 Å². The zero-order chi connectivity index (χ0) is 13.8. The number of rotatable bonds is 3. The maximum atomic E-state index is 11.7. The summed E-state index contributed by atoms with van der Waals surface area (Å²) in [4.78, 5) is 15.6. The van der Waals surface area contributed by atoms with Gasteiger partial charge in [-0.15, -0.1) is 0 Å². The minimum atomic E-state index is -0.240. The second-order valence-electron chi connectivity index (χ2n) is 4.62. The average molecular weight is 269 g/mol. The third-order valence-electron chi connectivity index (χ3n) is 3.14. The van der Waals surface area contributed by atoms with E-state index in [1.807, 2.05) is 24.3 Å². The molecule has 0 spiro atoms. The van der Waals surface area contributed by atoms with Gasteiger partial charge < -0.3 is 15.4 Å². The van der Waals surface area contributed by atoms with E-state index in [1.165, 1.54) is 5.56 Å². The first-order valence-corrected chi connectivity index (χ1v) is 6.51. The van der Waals surface area contributed by atoms with Gasteiger partial charge in [-0.25, -0.2) is 4.79 Å². The number of aromatic nitrogens is 1. The second kappa shape index (κ2) is 5.61. The summed E-state index contributed by atoms with van der Waals surface area (Å²) < 4.78 is 5.76. The first-order chi connectivity index (χ1) is 9.81. The number of urea groups is 1. The molecular weight excluding hydrogens is 254 g/mol. The van der Waals surface area contributed by atoms with Crippen molar-refractivity contribution in [3.05, 3.63) is 54.4 Å². The molecule has 1 atom stereocenters. The largest absolute Gasteiger partial charge is 0.488 e. The lowest BCUT2D eigenvalue weighted by Crippen LogP contribution is -2.37. The molecule has 0 fully saturated rings. The van der Waals surface area contributed by atoms with Gasteiger partial charge in [0.25, 0.3) is 0 Å². The number of para-hydroxylation sites is 1. The minimum Gasteiger partial charge on any atom is -0.488 e. The number of pyridine rings is 1. The summed E-state index contributed by atoms with van der Waals surface area (Å²) in [7, 11) is 0. The van der Waals surface area contributed by atoms with Crippen LogP contribution in [0.25, 0.3) is 0 Å². The van der Waals surface area contributed by atoms with Crippen molar-refractivity contribution in [1.82, 2.24) is 10.3 Å². The summed E-state index contributed by atoms with van der Waals surface area (Å²) in [5.74, 6) is 0.911. The summed E-state index contributed by atoms with van der Waals surface area (Å²) >= 11 is 0. The fraction of sp³-hybridized carbons (Fsp3) is 0.200. The van der Waals surface area contributed by atoms with E-state index < -0.39 is 0 Å². The van der Waals surface area contributed by atoms with Crippen LogP contribution in [0.2, 0.25) is 0 Å². The van der Waals surface area contributed by atoms with Gasteiger partial charge in [0.15, 0.2) is 0 Å². The van der Waals surface area contributed by atoms with Crippen LogP contribution >= 0.6 is 0 Å². The Kier molecular flexibility index (Phi) is 3.50. The van der Waals surface area contributed by atoms with Gasteiger partial charge >= 0.3 is 6.03 Å². The number of carbonyl (C=O) groups is 1. The Balaban J connectivity index is 1.48. The van der Waals surface area contributed by atoms with Crippen molar-refractivity contribution in [2.45, 2.75) is 12.5 Å². The number of nitrogens with zero attached hydrogens (tertiary/aromatic N) is 1. The Morgan fingerprint density at radius 1 is 1.25 bits per heavy atom. The third-order valence-corrected chi connectivity index (χ3v) is 3.14. The van der Waals surface area contributed by atoms with Crippen molar-refractivity contribution in [2.75, 3.05) is 11.9 Å². The predicted octanol–water partition coefficient (Wildman–Crippen LogP) is 2.21. The molecule has 1 aromatic carbocycles. The predicted molar refractivity (Wildman–Crippen MR) is 75.8 cm³/mol. The van der Waals surface area contributed by atoms with Crippen LogP contribution < -0.4 is 15.4 Å². The molecule has 102 valence electrons. The fourth-order valence-corrected chi connectivity index (χ4v) is 2.18. The van der Waals surface area contributed by atoms with E-state index in [1.54, 1.807) is 24.5 Å². The molecule has 5 nitrogen and oxygen atoms in total. The Labute approximate surface area is 117 Å². The van der Waals surface area contributed by atoms with Crippen LogP contribution in [-0.2, 0) is 6.42 Å². The van der Waals surface area contributed by atoms with Crippen LogP contribution in [0.5, 0.6) is 5.75 Å². The molecule has 5 heteroatoms. The van der Waals surface area contributed by atoms with Crippen molar-refractivity contribution in [3.63, 3.8) is 0 Å². The highest BCUT2D eigenvalue weighted by atomic mass is 16.5. The number of amides is 2.